The maximum absolute atomic E-state index is 15.2. The summed E-state index contributed by atoms with van der Waals surface area (Å²) in [4.78, 5) is 4.18. The molecule has 11 aromatic carbocycles. The van der Waals surface area contributed by atoms with E-state index in [1.165, 1.54) is 6.07 Å². The number of aromatic nitrogens is 4. The Morgan fingerprint density at radius 3 is 1.42 bits per heavy atom. The lowest BCUT2D eigenvalue weighted by Crippen LogP contribution is -2.08. The van der Waals surface area contributed by atoms with Gasteiger partial charge in [-0.1, -0.05) is 146 Å². The molecule has 15 rings (SSSR count). The van der Waals surface area contributed by atoms with Crippen LogP contribution < -0.4 is 0 Å². The summed E-state index contributed by atoms with van der Waals surface area (Å²) in [6.45, 7) is 10.5. The first-order valence-corrected chi connectivity index (χ1v) is 25.6. The van der Waals surface area contributed by atoms with E-state index < -0.39 is 11.7 Å². The number of fused-ring (bicyclic) bond motifs is 14. The van der Waals surface area contributed by atoms with Crippen LogP contribution in [0.1, 0.15) is 11.1 Å². The zero-order valence-corrected chi connectivity index (χ0v) is 41.4. The Labute approximate surface area is 439 Å². The average molecular weight is 998 g/mol. The zero-order valence-electron chi connectivity index (χ0n) is 41.4. The number of benzene rings is 11. The van der Waals surface area contributed by atoms with E-state index in [1.807, 2.05) is 48.5 Å². The first-order chi connectivity index (χ1) is 37.8. The molecule has 0 amide bonds. The lowest BCUT2D eigenvalue weighted by atomic mass is 9.91. The number of hydrogen-bond donors (Lipinski definition) is 0. The summed E-state index contributed by atoms with van der Waals surface area (Å²) in [7, 11) is 0. The van der Waals surface area contributed by atoms with E-state index in [1.54, 1.807) is 13.0 Å². The number of para-hydroxylation sites is 6. The van der Waals surface area contributed by atoms with Gasteiger partial charge in [-0.3, -0.25) is 0 Å². The summed E-state index contributed by atoms with van der Waals surface area (Å²) in [5.41, 5.74) is 13.6. The minimum absolute atomic E-state index is 0.102. The van der Waals surface area contributed by atoms with E-state index in [9.17, 15) is 0 Å². The summed E-state index contributed by atoms with van der Waals surface area (Å²) < 4.78 is 54.7. The number of alkyl halides is 3. The van der Waals surface area contributed by atoms with E-state index >= 15 is 13.2 Å². The van der Waals surface area contributed by atoms with E-state index in [2.05, 4.69) is 193 Å². The van der Waals surface area contributed by atoms with Gasteiger partial charge in [0.1, 0.15) is 0 Å². The molecule has 8 heteroatoms. The summed E-state index contributed by atoms with van der Waals surface area (Å²) >= 11 is 0. The molecule has 0 spiro atoms. The first kappa shape index (κ1) is 44.4. The molecule has 4 aromatic heterocycles. The predicted octanol–water partition coefficient (Wildman–Crippen LogP) is 19.3. The quantitative estimate of drug-likeness (QED) is 0.148. The predicted molar refractivity (Wildman–Crippen MR) is 311 cm³/mol. The van der Waals surface area contributed by atoms with Crippen molar-refractivity contribution in [2.75, 3.05) is 0 Å². The molecule has 0 saturated heterocycles. The number of nitrogens with zero attached hydrogens (tertiary/aromatic N) is 5. The fraction of sp³-hybridized carbons (Fsp3) is 0.0290. The van der Waals surface area contributed by atoms with Gasteiger partial charge in [0.25, 0.3) is 0 Å². The van der Waals surface area contributed by atoms with Crippen LogP contribution >= 0.6 is 0 Å². The van der Waals surface area contributed by atoms with Crippen molar-refractivity contribution in [2.45, 2.75) is 13.1 Å². The molecule has 5 nitrogen and oxygen atoms in total. The molecular formula is C69H42F3N5. The third-order valence-corrected chi connectivity index (χ3v) is 15.7. The Kier molecular flexibility index (Phi) is 9.63. The number of hydrogen-bond acceptors (Lipinski definition) is 0. The molecule has 0 aliphatic carbocycles. The van der Waals surface area contributed by atoms with Crippen LogP contribution in [0.4, 0.5) is 18.9 Å². The van der Waals surface area contributed by atoms with E-state index in [-0.39, 0.29) is 5.56 Å². The van der Waals surface area contributed by atoms with Gasteiger partial charge in [-0.25, -0.2) is 4.85 Å². The van der Waals surface area contributed by atoms with Gasteiger partial charge < -0.3 is 18.3 Å². The van der Waals surface area contributed by atoms with Gasteiger partial charge >= 0.3 is 6.18 Å². The van der Waals surface area contributed by atoms with Crippen LogP contribution in [0.25, 0.3) is 137 Å². The Morgan fingerprint density at radius 1 is 0.377 bits per heavy atom. The summed E-state index contributed by atoms with van der Waals surface area (Å²) in [6, 6.07) is 79.2. The van der Waals surface area contributed by atoms with Crippen molar-refractivity contribution in [2.24, 2.45) is 0 Å². The Morgan fingerprint density at radius 2 is 0.870 bits per heavy atom. The second-order valence-corrected chi connectivity index (χ2v) is 19.8. The van der Waals surface area contributed by atoms with Crippen molar-refractivity contribution in [1.29, 1.82) is 0 Å². The highest BCUT2D eigenvalue weighted by Crippen LogP contribution is 2.48. The van der Waals surface area contributed by atoms with E-state index in [0.717, 1.165) is 116 Å². The van der Waals surface area contributed by atoms with Gasteiger partial charge in [0.05, 0.1) is 62.0 Å². The third kappa shape index (κ3) is 6.47. The van der Waals surface area contributed by atoms with Gasteiger partial charge in [0.2, 0.25) is 0 Å². The minimum atomic E-state index is -4.62. The molecule has 77 heavy (non-hydrogen) atoms. The fourth-order valence-corrected chi connectivity index (χ4v) is 12.6. The monoisotopic (exact) mass is 997 g/mol. The van der Waals surface area contributed by atoms with Crippen LogP contribution in [0.2, 0.25) is 0 Å². The van der Waals surface area contributed by atoms with Gasteiger partial charge in [0.15, 0.2) is 5.69 Å². The standard InChI is InChI=1S/C69H42F3N5/c1-42-18-17-27-55(69(70,71)72)64(42)43-32-37-61(77-60-31-16-12-26-52(60)66-63(77)39-35-50-48-24-10-14-29-58(48)76(68(50)66)45-21-7-4-8-22-45)54(40-43)53-41-46(33-36-56(53)73-2)74-59-30-15-11-25-51(59)65-62(74)38-34-49-47-23-9-13-28-57(47)75(67(49)65)44-19-5-3-6-20-44/h3-41H,1H3. The van der Waals surface area contributed by atoms with E-state index in [0.29, 0.717) is 27.9 Å². The van der Waals surface area contributed by atoms with Crippen molar-refractivity contribution in [3.8, 4) is 45.0 Å². The molecule has 0 aliphatic rings. The van der Waals surface area contributed by atoms with Gasteiger partial charge in [-0.15, -0.1) is 0 Å². The molecule has 15 aromatic rings. The molecule has 0 unspecified atom stereocenters. The second-order valence-electron chi connectivity index (χ2n) is 19.8. The minimum Gasteiger partial charge on any atom is -0.309 e. The molecular weight excluding hydrogens is 956 g/mol. The molecule has 364 valence electrons. The smallest absolute Gasteiger partial charge is 0.309 e. The largest absolute Gasteiger partial charge is 0.417 e. The molecule has 0 N–H and O–H groups in total. The topological polar surface area (TPSA) is 24.1 Å². The highest BCUT2D eigenvalue weighted by molar-refractivity contribution is 6.28. The van der Waals surface area contributed by atoms with E-state index in [4.69, 9.17) is 6.57 Å². The van der Waals surface area contributed by atoms with Crippen LogP contribution in [0, 0.1) is 13.5 Å². The van der Waals surface area contributed by atoms with Crippen molar-refractivity contribution in [3.05, 3.63) is 259 Å². The Balaban J connectivity index is 1.05. The lowest BCUT2D eigenvalue weighted by molar-refractivity contribution is -0.137. The van der Waals surface area contributed by atoms with Gasteiger partial charge in [0, 0.05) is 60.2 Å². The Hall–Kier alpha value is -10.1. The molecule has 0 radical (unpaired) electrons. The van der Waals surface area contributed by atoms with Gasteiger partial charge in [-0.05, 0) is 126 Å². The summed E-state index contributed by atoms with van der Waals surface area (Å²) in [5, 5.41) is 8.71. The van der Waals surface area contributed by atoms with Crippen molar-refractivity contribution in [3.63, 3.8) is 0 Å². The second kappa shape index (κ2) is 16.7. The lowest BCUT2D eigenvalue weighted by Gasteiger charge is -2.20. The van der Waals surface area contributed by atoms with Crippen LogP contribution in [-0.4, -0.2) is 18.3 Å². The van der Waals surface area contributed by atoms with Crippen LogP contribution in [0.5, 0.6) is 0 Å². The maximum atomic E-state index is 15.2. The summed E-state index contributed by atoms with van der Waals surface area (Å²) in [5.74, 6) is 0. The van der Waals surface area contributed by atoms with Crippen molar-refractivity contribution < 1.29 is 13.2 Å². The molecule has 0 atom stereocenters. The third-order valence-electron chi connectivity index (χ3n) is 15.7. The highest BCUT2D eigenvalue weighted by atomic mass is 19.4. The SMILES string of the molecule is [C-]#[N+]c1ccc(-n2c3ccccc3c3c2ccc2c4ccccc4n(-c4ccccc4)c23)cc1-c1cc(-c2c(C)cccc2C(F)(F)F)ccc1-n1c2ccccc2c2c1ccc1c3ccccc3n(-c3ccccc3)c12. The van der Waals surface area contributed by atoms with Crippen LogP contribution in [-0.2, 0) is 6.18 Å². The number of halogens is 3. The normalized spacial score (nSPS) is 12.1. The molecule has 0 bridgehead atoms. The highest BCUT2D eigenvalue weighted by Gasteiger charge is 2.35. The molecule has 0 aliphatic heterocycles. The first-order valence-electron chi connectivity index (χ1n) is 25.6. The van der Waals surface area contributed by atoms with Gasteiger partial charge in [-0.2, -0.15) is 13.2 Å². The zero-order chi connectivity index (χ0) is 51.7. The molecule has 0 saturated carbocycles. The number of rotatable bonds is 6. The fourth-order valence-electron chi connectivity index (χ4n) is 12.6. The van der Waals surface area contributed by atoms with Crippen molar-refractivity contribution >= 4 is 92.9 Å². The molecule has 0 fully saturated rings. The summed E-state index contributed by atoms with van der Waals surface area (Å²) in [6.07, 6.45) is -4.62. The van der Waals surface area contributed by atoms with Crippen LogP contribution in [0.3, 0.4) is 0 Å². The maximum Gasteiger partial charge on any atom is 0.417 e. The Bertz CT molecular complexity index is 4990. The number of aryl methyl sites for hydroxylation is 1. The average Bonchev–Trinajstić information content (AvgIpc) is 4.30. The van der Waals surface area contributed by atoms with Crippen LogP contribution in [0.15, 0.2) is 237 Å². The molecule has 4 heterocycles. The van der Waals surface area contributed by atoms with Crippen molar-refractivity contribution in [1.82, 2.24) is 18.3 Å².